The van der Waals surface area contributed by atoms with Gasteiger partial charge < -0.3 is 4.98 Å². The third kappa shape index (κ3) is 1.31. The zero-order valence-corrected chi connectivity index (χ0v) is 8.30. The minimum Gasteiger partial charge on any atom is -0.345 e. The Bertz CT molecular complexity index is 481. The largest absolute Gasteiger partial charge is 0.345 e. The summed E-state index contributed by atoms with van der Waals surface area (Å²) in [4.78, 5) is 7.15. The van der Waals surface area contributed by atoms with E-state index in [4.69, 9.17) is 5.26 Å². The molecule has 0 aliphatic heterocycles. The lowest BCUT2D eigenvalue weighted by atomic mass is 10.1. The van der Waals surface area contributed by atoms with Gasteiger partial charge in [-0.15, -0.1) is 0 Å². The minimum atomic E-state index is 0.406. The molecule has 1 heterocycles. The number of aromatic amines is 1. The Hall–Kier alpha value is -1.34. The molecule has 1 aromatic heterocycles. The number of rotatable bonds is 1. The predicted octanol–water partition coefficient (Wildman–Crippen LogP) is 2.39. The summed E-state index contributed by atoms with van der Waals surface area (Å²) in [6.07, 6.45) is 2.05. The molecule has 0 saturated heterocycles. The van der Waals surface area contributed by atoms with Crippen LogP contribution in [0.4, 0.5) is 0 Å². The fraction of sp³-hybridized carbons (Fsp3) is 0.111. The molecule has 0 aliphatic rings. The average molecular weight is 236 g/mol. The molecule has 0 radical (unpaired) electrons. The molecule has 0 fully saturated rings. The Morgan fingerprint density at radius 3 is 3.15 bits per heavy atom. The number of hydrogen-bond acceptors (Lipinski definition) is 2. The Morgan fingerprint density at radius 1 is 1.54 bits per heavy atom. The molecule has 0 unspecified atom stereocenters. The average Bonchev–Trinajstić information content (AvgIpc) is 2.58. The minimum absolute atomic E-state index is 0.406. The van der Waals surface area contributed by atoms with Crippen LogP contribution >= 0.6 is 15.9 Å². The molecule has 2 rings (SSSR count). The molecule has 13 heavy (non-hydrogen) atoms. The number of imidazole rings is 1. The van der Waals surface area contributed by atoms with Crippen molar-refractivity contribution in [2.75, 3.05) is 0 Å². The van der Waals surface area contributed by atoms with Crippen LogP contribution in [0.3, 0.4) is 0 Å². The second kappa shape index (κ2) is 3.19. The lowest BCUT2D eigenvalue weighted by molar-refractivity contribution is 1.25. The summed E-state index contributed by atoms with van der Waals surface area (Å²) < 4.78 is 0.910. The Kier molecular flexibility index (Phi) is 2.03. The first-order valence-electron chi connectivity index (χ1n) is 3.80. The summed E-state index contributed by atoms with van der Waals surface area (Å²) >= 11 is 3.43. The third-order valence-corrected chi connectivity index (χ3v) is 2.76. The van der Waals surface area contributed by atoms with E-state index in [-0.39, 0.29) is 0 Å². The second-order valence-electron chi connectivity index (χ2n) is 2.67. The lowest BCUT2D eigenvalue weighted by Crippen LogP contribution is -1.84. The van der Waals surface area contributed by atoms with E-state index in [1.807, 2.05) is 12.1 Å². The molecule has 4 heteroatoms. The van der Waals surface area contributed by atoms with Crippen LogP contribution in [0.1, 0.15) is 5.56 Å². The Morgan fingerprint density at radius 2 is 2.38 bits per heavy atom. The maximum atomic E-state index is 8.57. The highest BCUT2D eigenvalue weighted by Gasteiger charge is 2.05. The Balaban J connectivity index is 2.67. The number of halogens is 1. The Labute approximate surface area is 83.5 Å². The first-order valence-corrected chi connectivity index (χ1v) is 4.59. The maximum absolute atomic E-state index is 8.57. The van der Waals surface area contributed by atoms with Crippen LogP contribution in [-0.2, 0) is 6.42 Å². The molecule has 3 nitrogen and oxygen atoms in total. The highest BCUT2D eigenvalue weighted by Crippen LogP contribution is 2.25. The van der Waals surface area contributed by atoms with E-state index in [9.17, 15) is 0 Å². The van der Waals surface area contributed by atoms with Gasteiger partial charge in [0.15, 0.2) is 0 Å². The molecule has 0 bridgehead atoms. The molecule has 0 saturated carbocycles. The maximum Gasteiger partial charge on any atom is 0.103 e. The first-order chi connectivity index (χ1) is 6.33. The second-order valence-corrected chi connectivity index (χ2v) is 3.47. The van der Waals surface area contributed by atoms with E-state index in [1.54, 1.807) is 6.33 Å². The van der Waals surface area contributed by atoms with E-state index < -0.39 is 0 Å². The number of nitrogens with zero attached hydrogens (tertiary/aromatic N) is 2. The number of aromatic nitrogens is 2. The van der Waals surface area contributed by atoms with Gasteiger partial charge in [0.25, 0.3) is 0 Å². The smallest absolute Gasteiger partial charge is 0.103 e. The highest BCUT2D eigenvalue weighted by atomic mass is 79.9. The van der Waals surface area contributed by atoms with Crippen LogP contribution in [0.5, 0.6) is 0 Å². The summed E-state index contributed by atoms with van der Waals surface area (Å²) in [6, 6.07) is 5.97. The van der Waals surface area contributed by atoms with E-state index >= 15 is 0 Å². The fourth-order valence-electron chi connectivity index (χ4n) is 1.24. The van der Waals surface area contributed by atoms with Gasteiger partial charge in [0.05, 0.1) is 24.3 Å². The number of fused-ring (bicyclic) bond motifs is 1. The van der Waals surface area contributed by atoms with Crippen molar-refractivity contribution >= 4 is 27.0 Å². The monoisotopic (exact) mass is 235 g/mol. The molecule has 0 aliphatic carbocycles. The van der Waals surface area contributed by atoms with Gasteiger partial charge in [-0.05, 0) is 27.6 Å². The summed E-state index contributed by atoms with van der Waals surface area (Å²) in [5.74, 6) is 0. The molecular weight excluding hydrogens is 230 g/mol. The predicted molar refractivity (Wildman–Crippen MR) is 53.1 cm³/mol. The summed E-state index contributed by atoms with van der Waals surface area (Å²) in [7, 11) is 0. The summed E-state index contributed by atoms with van der Waals surface area (Å²) in [5, 5.41) is 8.57. The van der Waals surface area contributed by atoms with Crippen LogP contribution in [0.2, 0.25) is 0 Å². The van der Waals surface area contributed by atoms with E-state index in [0.29, 0.717) is 6.42 Å². The number of nitriles is 1. The first kappa shape index (κ1) is 8.27. The highest BCUT2D eigenvalue weighted by molar-refractivity contribution is 9.10. The molecule has 0 amide bonds. The van der Waals surface area contributed by atoms with Crippen molar-refractivity contribution in [2.24, 2.45) is 0 Å². The van der Waals surface area contributed by atoms with Crippen molar-refractivity contribution in [3.63, 3.8) is 0 Å². The molecule has 1 N–H and O–H groups in total. The molecule has 0 spiro atoms. The van der Waals surface area contributed by atoms with Crippen molar-refractivity contribution in [2.45, 2.75) is 6.42 Å². The zero-order valence-electron chi connectivity index (χ0n) is 6.71. The van der Waals surface area contributed by atoms with Gasteiger partial charge in [0.1, 0.15) is 5.52 Å². The summed E-state index contributed by atoms with van der Waals surface area (Å²) in [6.45, 7) is 0. The van der Waals surface area contributed by atoms with Gasteiger partial charge in [0.2, 0.25) is 0 Å². The SMILES string of the molecule is N#CCc1ccc2[nH]cnc2c1Br. The number of H-pyrrole nitrogens is 1. The zero-order chi connectivity index (χ0) is 9.26. The van der Waals surface area contributed by atoms with Gasteiger partial charge >= 0.3 is 0 Å². The van der Waals surface area contributed by atoms with Gasteiger partial charge in [-0.25, -0.2) is 4.98 Å². The standard InChI is InChI=1S/C9H6BrN3/c10-8-6(3-4-11)1-2-7-9(8)13-5-12-7/h1-2,5H,3H2,(H,12,13). The van der Waals surface area contributed by atoms with E-state index in [2.05, 4.69) is 32.0 Å². The van der Waals surface area contributed by atoms with Crippen LogP contribution in [-0.4, -0.2) is 9.97 Å². The van der Waals surface area contributed by atoms with Crippen LogP contribution in [0.15, 0.2) is 22.9 Å². The van der Waals surface area contributed by atoms with Crippen molar-refractivity contribution in [3.8, 4) is 6.07 Å². The van der Waals surface area contributed by atoms with Crippen molar-refractivity contribution in [3.05, 3.63) is 28.5 Å². The lowest BCUT2D eigenvalue weighted by Gasteiger charge is -1.98. The number of benzene rings is 1. The van der Waals surface area contributed by atoms with Crippen LogP contribution in [0, 0.1) is 11.3 Å². The molecule has 1 aromatic carbocycles. The third-order valence-electron chi connectivity index (χ3n) is 1.88. The van der Waals surface area contributed by atoms with Gasteiger partial charge in [-0.2, -0.15) is 5.26 Å². The quantitative estimate of drug-likeness (QED) is 0.826. The fourth-order valence-corrected chi connectivity index (χ4v) is 1.83. The van der Waals surface area contributed by atoms with Crippen molar-refractivity contribution in [1.82, 2.24) is 9.97 Å². The summed E-state index contributed by atoms with van der Waals surface area (Å²) in [5.41, 5.74) is 2.84. The van der Waals surface area contributed by atoms with E-state index in [0.717, 1.165) is 21.1 Å². The van der Waals surface area contributed by atoms with Gasteiger partial charge in [0, 0.05) is 4.47 Å². The molecule has 2 aromatic rings. The number of hydrogen-bond donors (Lipinski definition) is 1. The van der Waals surface area contributed by atoms with Crippen LogP contribution in [0.25, 0.3) is 11.0 Å². The molecular formula is C9H6BrN3. The number of nitrogens with one attached hydrogen (secondary N) is 1. The molecule has 0 atom stereocenters. The van der Waals surface area contributed by atoms with E-state index in [1.165, 1.54) is 0 Å². The van der Waals surface area contributed by atoms with Gasteiger partial charge in [-0.1, -0.05) is 6.07 Å². The van der Waals surface area contributed by atoms with Crippen molar-refractivity contribution < 1.29 is 0 Å². The molecule has 64 valence electrons. The van der Waals surface area contributed by atoms with Gasteiger partial charge in [-0.3, -0.25) is 0 Å². The normalized spacial score (nSPS) is 10.2. The topological polar surface area (TPSA) is 52.5 Å². The van der Waals surface area contributed by atoms with Crippen LogP contribution < -0.4 is 0 Å². The van der Waals surface area contributed by atoms with Crippen molar-refractivity contribution in [1.29, 1.82) is 5.26 Å².